The highest BCUT2D eigenvalue weighted by Gasteiger charge is 2.29. The third-order valence-corrected chi connectivity index (χ3v) is 4.76. The van der Waals surface area contributed by atoms with Gasteiger partial charge in [-0.1, -0.05) is 6.92 Å². The first-order valence-corrected chi connectivity index (χ1v) is 8.74. The number of nitrogens with one attached hydrogen (secondary N) is 1. The monoisotopic (exact) mass is 304 g/mol. The van der Waals surface area contributed by atoms with Crippen molar-refractivity contribution < 1.29 is 4.42 Å². The van der Waals surface area contributed by atoms with Crippen LogP contribution in [0.4, 0.5) is 0 Å². The zero-order valence-corrected chi connectivity index (χ0v) is 13.7. The molecule has 4 heteroatoms. The van der Waals surface area contributed by atoms with Crippen molar-refractivity contribution in [1.82, 2.24) is 10.2 Å². The van der Waals surface area contributed by atoms with Crippen molar-refractivity contribution in [3.63, 3.8) is 0 Å². The Bertz CT molecular complexity index is 557. The Kier molecular flexibility index (Phi) is 4.78. The number of thiophene rings is 1. The molecule has 1 N–H and O–H groups in total. The average molecular weight is 304 g/mol. The molecule has 114 valence electrons. The van der Waals surface area contributed by atoms with E-state index < -0.39 is 0 Å². The van der Waals surface area contributed by atoms with Crippen LogP contribution in [-0.2, 0) is 19.6 Å². The molecule has 0 unspecified atom stereocenters. The third kappa shape index (κ3) is 3.96. The van der Waals surface area contributed by atoms with Gasteiger partial charge in [-0.25, -0.2) is 0 Å². The van der Waals surface area contributed by atoms with Gasteiger partial charge in [-0.3, -0.25) is 4.90 Å². The van der Waals surface area contributed by atoms with E-state index in [0.29, 0.717) is 0 Å². The minimum absolute atomic E-state index is 0.743. The van der Waals surface area contributed by atoms with Crippen molar-refractivity contribution in [3.05, 3.63) is 45.5 Å². The van der Waals surface area contributed by atoms with Crippen molar-refractivity contribution in [2.24, 2.45) is 0 Å². The Morgan fingerprint density at radius 3 is 2.90 bits per heavy atom. The van der Waals surface area contributed by atoms with Gasteiger partial charge in [0.25, 0.3) is 0 Å². The SMILES string of the molecule is CCNCc1cc(CN(Cc2ccsc2)C2CC2)oc1C. The molecule has 2 aromatic heterocycles. The first-order valence-electron chi connectivity index (χ1n) is 7.80. The quantitative estimate of drug-likeness (QED) is 0.801. The Morgan fingerprint density at radius 1 is 1.38 bits per heavy atom. The Morgan fingerprint density at radius 2 is 2.24 bits per heavy atom. The molecule has 0 bridgehead atoms. The molecule has 0 saturated heterocycles. The summed E-state index contributed by atoms with van der Waals surface area (Å²) < 4.78 is 5.96. The fourth-order valence-electron chi connectivity index (χ4n) is 2.67. The van der Waals surface area contributed by atoms with E-state index in [0.717, 1.165) is 43.7 Å². The molecule has 2 heterocycles. The molecule has 0 aliphatic heterocycles. The lowest BCUT2D eigenvalue weighted by molar-refractivity contribution is 0.224. The van der Waals surface area contributed by atoms with Gasteiger partial charge >= 0.3 is 0 Å². The van der Waals surface area contributed by atoms with Gasteiger partial charge < -0.3 is 9.73 Å². The van der Waals surface area contributed by atoms with E-state index in [2.05, 4.69) is 47.0 Å². The number of hydrogen-bond donors (Lipinski definition) is 1. The van der Waals surface area contributed by atoms with Crippen molar-refractivity contribution in [1.29, 1.82) is 0 Å². The minimum atomic E-state index is 0.743. The van der Waals surface area contributed by atoms with Gasteiger partial charge in [0.05, 0.1) is 6.54 Å². The molecule has 1 aliphatic rings. The standard InChI is InChI=1S/C17H24N2OS/c1-3-18-9-15-8-17(20-13(15)2)11-19(16-4-5-16)10-14-6-7-21-12-14/h6-8,12,16,18H,3-5,9-11H2,1-2H3. The van der Waals surface area contributed by atoms with Gasteiger partial charge in [0.1, 0.15) is 11.5 Å². The van der Waals surface area contributed by atoms with Gasteiger partial charge in [-0.05, 0) is 54.8 Å². The first kappa shape index (κ1) is 14.8. The van der Waals surface area contributed by atoms with Gasteiger partial charge in [-0.2, -0.15) is 11.3 Å². The highest BCUT2D eigenvalue weighted by atomic mass is 32.1. The molecular formula is C17H24N2OS. The van der Waals surface area contributed by atoms with Crippen molar-refractivity contribution in [2.75, 3.05) is 6.54 Å². The molecule has 1 fully saturated rings. The Hall–Kier alpha value is -1.10. The number of nitrogens with zero attached hydrogens (tertiary/aromatic N) is 1. The van der Waals surface area contributed by atoms with Crippen LogP contribution >= 0.6 is 11.3 Å². The summed E-state index contributed by atoms with van der Waals surface area (Å²) in [5.41, 5.74) is 2.71. The summed E-state index contributed by atoms with van der Waals surface area (Å²) in [4.78, 5) is 2.55. The van der Waals surface area contributed by atoms with Crippen molar-refractivity contribution in [3.8, 4) is 0 Å². The largest absolute Gasteiger partial charge is 0.465 e. The molecule has 1 saturated carbocycles. The maximum Gasteiger partial charge on any atom is 0.118 e. The number of hydrogen-bond acceptors (Lipinski definition) is 4. The van der Waals surface area contributed by atoms with Crippen LogP contribution in [0.2, 0.25) is 0 Å². The average Bonchev–Trinajstić information content (AvgIpc) is 3.09. The second-order valence-electron chi connectivity index (χ2n) is 5.84. The maximum atomic E-state index is 5.96. The smallest absolute Gasteiger partial charge is 0.118 e. The highest BCUT2D eigenvalue weighted by Crippen LogP contribution is 2.31. The summed E-state index contributed by atoms with van der Waals surface area (Å²) >= 11 is 1.78. The van der Waals surface area contributed by atoms with E-state index in [1.54, 1.807) is 11.3 Å². The second kappa shape index (κ2) is 6.77. The number of rotatable bonds is 8. The van der Waals surface area contributed by atoms with Gasteiger partial charge in [0.15, 0.2) is 0 Å². The summed E-state index contributed by atoms with van der Waals surface area (Å²) in [7, 11) is 0. The van der Waals surface area contributed by atoms with Crippen LogP contribution in [0.25, 0.3) is 0 Å². The summed E-state index contributed by atoms with van der Waals surface area (Å²) in [6.07, 6.45) is 2.65. The van der Waals surface area contributed by atoms with Gasteiger partial charge in [0.2, 0.25) is 0 Å². The number of furan rings is 1. The van der Waals surface area contributed by atoms with Crippen LogP contribution in [0, 0.1) is 6.92 Å². The third-order valence-electron chi connectivity index (χ3n) is 4.03. The molecule has 3 rings (SSSR count). The molecule has 0 aromatic carbocycles. The fraction of sp³-hybridized carbons (Fsp3) is 0.529. The van der Waals surface area contributed by atoms with Crippen molar-refractivity contribution >= 4 is 11.3 Å². The minimum Gasteiger partial charge on any atom is -0.465 e. The van der Waals surface area contributed by atoms with Crippen LogP contribution in [0.3, 0.4) is 0 Å². The molecule has 2 aromatic rings. The van der Waals surface area contributed by atoms with Crippen LogP contribution < -0.4 is 5.32 Å². The molecule has 0 amide bonds. The lowest BCUT2D eigenvalue weighted by atomic mass is 10.2. The van der Waals surface area contributed by atoms with Crippen LogP contribution in [0.15, 0.2) is 27.3 Å². The normalized spacial score (nSPS) is 15.0. The number of aryl methyl sites for hydroxylation is 1. The predicted octanol–water partition coefficient (Wildman–Crippen LogP) is 3.92. The first-order chi connectivity index (χ1) is 10.3. The topological polar surface area (TPSA) is 28.4 Å². The summed E-state index contributed by atoms with van der Waals surface area (Å²) in [6, 6.07) is 5.19. The zero-order valence-electron chi connectivity index (χ0n) is 12.9. The second-order valence-corrected chi connectivity index (χ2v) is 6.62. The molecule has 0 spiro atoms. The molecule has 0 radical (unpaired) electrons. The maximum absolute atomic E-state index is 5.96. The molecule has 21 heavy (non-hydrogen) atoms. The molecular weight excluding hydrogens is 280 g/mol. The molecule has 3 nitrogen and oxygen atoms in total. The highest BCUT2D eigenvalue weighted by molar-refractivity contribution is 7.07. The van der Waals surface area contributed by atoms with Crippen molar-refractivity contribution in [2.45, 2.75) is 52.4 Å². The van der Waals surface area contributed by atoms with Crippen LogP contribution in [0.1, 0.15) is 42.4 Å². The zero-order chi connectivity index (χ0) is 14.7. The van der Waals surface area contributed by atoms with Gasteiger partial charge in [-0.15, -0.1) is 0 Å². The van der Waals surface area contributed by atoms with E-state index in [-0.39, 0.29) is 0 Å². The predicted molar refractivity (Wildman–Crippen MR) is 87.4 cm³/mol. The van der Waals surface area contributed by atoms with Crippen LogP contribution in [-0.4, -0.2) is 17.5 Å². The molecule has 1 aliphatic carbocycles. The van der Waals surface area contributed by atoms with E-state index >= 15 is 0 Å². The summed E-state index contributed by atoms with van der Waals surface area (Å²) in [5.74, 6) is 2.15. The molecule has 0 atom stereocenters. The van der Waals surface area contributed by atoms with Gasteiger partial charge in [0, 0.05) is 24.7 Å². The van der Waals surface area contributed by atoms with E-state index in [1.807, 2.05) is 0 Å². The fourth-order valence-corrected chi connectivity index (χ4v) is 3.33. The Balaban J connectivity index is 1.65. The summed E-state index contributed by atoms with van der Waals surface area (Å²) in [6.45, 7) is 8.05. The van der Waals surface area contributed by atoms with Crippen LogP contribution in [0.5, 0.6) is 0 Å². The Labute approximate surface area is 131 Å². The van der Waals surface area contributed by atoms with E-state index in [4.69, 9.17) is 4.42 Å². The lowest BCUT2D eigenvalue weighted by Gasteiger charge is -2.20. The summed E-state index contributed by atoms with van der Waals surface area (Å²) in [5, 5.41) is 7.78. The van der Waals surface area contributed by atoms with E-state index in [9.17, 15) is 0 Å². The lowest BCUT2D eigenvalue weighted by Crippen LogP contribution is -2.24. The van der Waals surface area contributed by atoms with E-state index in [1.165, 1.54) is 24.0 Å².